The van der Waals surface area contributed by atoms with Crippen LogP contribution in [0.5, 0.6) is 0 Å². The molecule has 1 heterocycles. The first kappa shape index (κ1) is 15.6. The summed E-state index contributed by atoms with van der Waals surface area (Å²) in [4.78, 5) is 44.0. The van der Waals surface area contributed by atoms with Crippen molar-refractivity contribution in [3.05, 3.63) is 39.9 Å². The summed E-state index contributed by atoms with van der Waals surface area (Å²) in [6.45, 7) is 0. The Morgan fingerprint density at radius 1 is 1.40 bits per heavy atom. The number of nitro groups is 1. The van der Waals surface area contributed by atoms with Crippen molar-refractivity contribution in [2.75, 3.05) is 0 Å². The first-order valence-corrected chi connectivity index (χ1v) is 5.36. The zero-order valence-electron chi connectivity index (χ0n) is 10.1. The molecule has 2 N–H and O–H groups in total. The molecule has 8 nitrogen and oxygen atoms in total. The van der Waals surface area contributed by atoms with E-state index < -0.39 is 28.7 Å². The Morgan fingerprint density at radius 2 is 2.10 bits per heavy atom. The van der Waals surface area contributed by atoms with Crippen molar-refractivity contribution in [3.63, 3.8) is 0 Å². The van der Waals surface area contributed by atoms with E-state index in [4.69, 9.17) is 0 Å². The lowest BCUT2D eigenvalue weighted by Crippen LogP contribution is -2.40. The number of amides is 3. The summed E-state index contributed by atoms with van der Waals surface area (Å²) in [5, 5.41) is 15.0. The fourth-order valence-electron chi connectivity index (χ4n) is 1.67. The number of nitrogens with one attached hydrogen (secondary N) is 2. The van der Waals surface area contributed by atoms with Gasteiger partial charge in [0.05, 0.1) is 11.3 Å². The van der Waals surface area contributed by atoms with Crippen molar-refractivity contribution < 1.29 is 19.3 Å². The Hall–Kier alpha value is -2.42. The summed E-state index contributed by atoms with van der Waals surface area (Å²) < 4.78 is 0. The predicted octanol–water partition coefficient (Wildman–Crippen LogP) is -0.148. The van der Waals surface area contributed by atoms with Crippen molar-refractivity contribution in [1.29, 1.82) is 0 Å². The standard InChI is InChI=1S/C11H9N3O5.H2S/c15-9-5-8(11(17)13-9)12-10(16)6-2-1-3-7(4-6)14(18)19;/h1-4,8H,5H2,(H,12,16)(H,13,15,17);1H2/t8-;/m0./s1. The van der Waals surface area contributed by atoms with Gasteiger partial charge < -0.3 is 5.32 Å². The van der Waals surface area contributed by atoms with Crippen molar-refractivity contribution in [1.82, 2.24) is 10.6 Å². The molecule has 0 unspecified atom stereocenters. The van der Waals surface area contributed by atoms with Crippen LogP contribution in [0, 0.1) is 10.1 Å². The molecule has 1 fully saturated rings. The number of carbonyl (C=O) groups is 3. The van der Waals surface area contributed by atoms with Gasteiger partial charge in [-0.25, -0.2) is 0 Å². The second kappa shape index (κ2) is 6.15. The molecule has 0 radical (unpaired) electrons. The molecule has 0 bridgehead atoms. The van der Waals surface area contributed by atoms with Crippen LogP contribution < -0.4 is 10.6 Å². The van der Waals surface area contributed by atoms with Crippen LogP contribution in [0.3, 0.4) is 0 Å². The molecule has 0 aromatic heterocycles. The fourth-order valence-corrected chi connectivity index (χ4v) is 1.67. The van der Waals surface area contributed by atoms with E-state index in [9.17, 15) is 24.5 Å². The van der Waals surface area contributed by atoms with Gasteiger partial charge in [-0.15, -0.1) is 0 Å². The van der Waals surface area contributed by atoms with E-state index in [1.807, 2.05) is 0 Å². The van der Waals surface area contributed by atoms with Gasteiger partial charge in [-0.05, 0) is 6.07 Å². The van der Waals surface area contributed by atoms with Crippen LogP contribution in [0.1, 0.15) is 16.8 Å². The first-order valence-electron chi connectivity index (χ1n) is 5.36. The molecule has 20 heavy (non-hydrogen) atoms. The highest BCUT2D eigenvalue weighted by molar-refractivity contribution is 7.59. The fraction of sp³-hybridized carbons (Fsp3) is 0.182. The average molecular weight is 297 g/mol. The number of hydrogen-bond acceptors (Lipinski definition) is 5. The molecule has 1 aromatic rings. The van der Waals surface area contributed by atoms with Crippen LogP contribution in [-0.4, -0.2) is 28.7 Å². The Labute approximate surface area is 120 Å². The Kier molecular flexibility index (Phi) is 4.81. The maximum absolute atomic E-state index is 11.8. The number of rotatable bonds is 3. The number of carbonyl (C=O) groups excluding carboxylic acids is 3. The summed E-state index contributed by atoms with van der Waals surface area (Å²) in [6.07, 6.45) is -0.125. The molecule has 1 aromatic carbocycles. The number of nitrogens with zero attached hydrogens (tertiary/aromatic N) is 1. The third-order valence-corrected chi connectivity index (χ3v) is 2.59. The lowest BCUT2D eigenvalue weighted by atomic mass is 10.1. The topological polar surface area (TPSA) is 118 Å². The lowest BCUT2D eigenvalue weighted by molar-refractivity contribution is -0.384. The van der Waals surface area contributed by atoms with Gasteiger partial charge in [0.15, 0.2) is 0 Å². The first-order chi connectivity index (χ1) is 8.97. The molecule has 106 valence electrons. The molecule has 1 aliphatic rings. The number of benzene rings is 1. The highest BCUT2D eigenvalue weighted by Crippen LogP contribution is 2.13. The van der Waals surface area contributed by atoms with E-state index in [0.717, 1.165) is 6.07 Å². The highest BCUT2D eigenvalue weighted by Gasteiger charge is 2.31. The summed E-state index contributed by atoms with van der Waals surface area (Å²) >= 11 is 0. The molecule has 0 spiro atoms. The number of nitro benzene ring substituents is 1. The second-order valence-corrected chi connectivity index (χ2v) is 3.95. The minimum Gasteiger partial charge on any atom is -0.340 e. The summed E-state index contributed by atoms with van der Waals surface area (Å²) in [6, 6.07) is 4.18. The highest BCUT2D eigenvalue weighted by atomic mass is 32.1. The molecule has 2 rings (SSSR count). The van der Waals surface area contributed by atoms with E-state index in [0.29, 0.717) is 0 Å². The molecule has 1 aliphatic heterocycles. The quantitative estimate of drug-likeness (QED) is 0.457. The smallest absolute Gasteiger partial charge is 0.270 e. The normalized spacial score (nSPS) is 17.1. The maximum Gasteiger partial charge on any atom is 0.270 e. The minimum absolute atomic E-state index is 0. The number of imide groups is 1. The van der Waals surface area contributed by atoms with Gasteiger partial charge >= 0.3 is 0 Å². The third-order valence-electron chi connectivity index (χ3n) is 2.59. The SMILES string of the molecule is O=C1C[C@H](NC(=O)c2cccc([N+](=O)[O-])c2)C(=O)N1.S. The zero-order valence-corrected chi connectivity index (χ0v) is 11.1. The van der Waals surface area contributed by atoms with Crippen molar-refractivity contribution in [3.8, 4) is 0 Å². The molecule has 9 heteroatoms. The molecular formula is C11H11N3O5S. The monoisotopic (exact) mass is 297 g/mol. The number of non-ortho nitro benzene ring substituents is 1. The van der Waals surface area contributed by atoms with Gasteiger partial charge in [-0.3, -0.25) is 29.8 Å². The van der Waals surface area contributed by atoms with E-state index >= 15 is 0 Å². The van der Waals surface area contributed by atoms with Crippen molar-refractivity contribution in [2.45, 2.75) is 12.5 Å². The second-order valence-electron chi connectivity index (χ2n) is 3.95. The summed E-state index contributed by atoms with van der Waals surface area (Å²) in [5.74, 6) is -1.68. The predicted molar refractivity (Wildman–Crippen MR) is 72.5 cm³/mol. The molecule has 0 saturated carbocycles. The molecule has 1 saturated heterocycles. The van der Waals surface area contributed by atoms with Gasteiger partial charge in [0, 0.05) is 17.7 Å². The Morgan fingerprint density at radius 3 is 2.65 bits per heavy atom. The maximum atomic E-state index is 11.8. The molecular weight excluding hydrogens is 286 g/mol. The van der Waals surface area contributed by atoms with E-state index in [-0.39, 0.29) is 31.2 Å². The van der Waals surface area contributed by atoms with Crippen LogP contribution in [-0.2, 0) is 9.59 Å². The Balaban J connectivity index is 0.00000200. The van der Waals surface area contributed by atoms with Gasteiger partial charge in [0.2, 0.25) is 11.8 Å². The van der Waals surface area contributed by atoms with E-state index in [1.54, 1.807) is 0 Å². The van der Waals surface area contributed by atoms with Crippen LogP contribution in [0.25, 0.3) is 0 Å². The van der Waals surface area contributed by atoms with E-state index in [2.05, 4.69) is 10.6 Å². The number of hydrogen-bond donors (Lipinski definition) is 2. The van der Waals surface area contributed by atoms with Crippen molar-refractivity contribution in [2.24, 2.45) is 0 Å². The van der Waals surface area contributed by atoms with Gasteiger partial charge in [0.1, 0.15) is 6.04 Å². The molecule has 0 aliphatic carbocycles. The van der Waals surface area contributed by atoms with Crippen LogP contribution in [0.15, 0.2) is 24.3 Å². The zero-order chi connectivity index (χ0) is 14.0. The van der Waals surface area contributed by atoms with Crippen molar-refractivity contribution >= 4 is 36.9 Å². The minimum atomic E-state index is -0.931. The third kappa shape index (κ3) is 3.32. The summed E-state index contributed by atoms with van der Waals surface area (Å²) in [5.41, 5.74) is -0.166. The van der Waals surface area contributed by atoms with Gasteiger partial charge in [0.25, 0.3) is 11.6 Å². The van der Waals surface area contributed by atoms with Gasteiger partial charge in [-0.1, -0.05) is 6.07 Å². The van der Waals surface area contributed by atoms with Crippen LogP contribution in [0.4, 0.5) is 5.69 Å². The molecule has 1 atom stereocenters. The average Bonchev–Trinajstić information content (AvgIpc) is 2.68. The summed E-state index contributed by atoms with van der Waals surface area (Å²) in [7, 11) is 0. The van der Waals surface area contributed by atoms with Crippen LogP contribution in [0.2, 0.25) is 0 Å². The lowest BCUT2D eigenvalue weighted by Gasteiger charge is -2.08. The van der Waals surface area contributed by atoms with E-state index in [1.165, 1.54) is 18.2 Å². The molecule has 3 amide bonds. The largest absolute Gasteiger partial charge is 0.340 e. The Bertz CT molecular complexity index is 589. The van der Waals surface area contributed by atoms with Crippen LogP contribution >= 0.6 is 13.5 Å². The van der Waals surface area contributed by atoms with Gasteiger partial charge in [-0.2, -0.15) is 13.5 Å².